The van der Waals surface area contributed by atoms with E-state index in [1.54, 1.807) is 18.2 Å². The zero-order valence-electron chi connectivity index (χ0n) is 11.8. The number of hydrogen-bond acceptors (Lipinski definition) is 4. The summed E-state index contributed by atoms with van der Waals surface area (Å²) in [5, 5.41) is 16.1. The lowest BCUT2D eigenvalue weighted by Gasteiger charge is -2.14. The van der Waals surface area contributed by atoms with Crippen molar-refractivity contribution in [2.75, 3.05) is 26.2 Å². The molecule has 3 N–H and O–H groups in total. The number of benzene rings is 1. The van der Waals surface area contributed by atoms with Gasteiger partial charge in [0.05, 0.1) is 6.10 Å². The van der Waals surface area contributed by atoms with Gasteiger partial charge in [0.15, 0.2) is 6.61 Å². The molecule has 1 aromatic rings. The first kappa shape index (κ1) is 18.0. The van der Waals surface area contributed by atoms with Crippen molar-refractivity contribution in [1.29, 1.82) is 0 Å². The molecule has 1 fully saturated rings. The van der Waals surface area contributed by atoms with Gasteiger partial charge in [-0.2, -0.15) is 0 Å². The third-order valence-electron chi connectivity index (χ3n) is 3.36. The topological polar surface area (TPSA) is 70.6 Å². The summed E-state index contributed by atoms with van der Waals surface area (Å²) in [6.45, 7) is 3.59. The number of nitrogens with one attached hydrogen (secondary N) is 2. The van der Waals surface area contributed by atoms with E-state index in [9.17, 15) is 9.90 Å². The summed E-state index contributed by atoms with van der Waals surface area (Å²) < 4.78 is 5.45. The van der Waals surface area contributed by atoms with E-state index in [0.717, 1.165) is 12.1 Å². The highest BCUT2D eigenvalue weighted by Crippen LogP contribution is 2.21. The molecule has 21 heavy (non-hydrogen) atoms. The Hall–Kier alpha value is -1.01. The summed E-state index contributed by atoms with van der Waals surface area (Å²) in [4.78, 5) is 11.7. The lowest BCUT2D eigenvalue weighted by molar-refractivity contribution is -0.123. The normalized spacial score (nSPS) is 20.7. The molecule has 1 heterocycles. The van der Waals surface area contributed by atoms with Crippen molar-refractivity contribution < 1.29 is 14.6 Å². The van der Waals surface area contributed by atoms with E-state index >= 15 is 0 Å². The first-order valence-electron chi connectivity index (χ1n) is 6.60. The minimum absolute atomic E-state index is 0. The number of aliphatic hydroxyl groups is 1. The molecule has 7 heteroatoms. The van der Waals surface area contributed by atoms with Gasteiger partial charge in [-0.3, -0.25) is 4.79 Å². The lowest BCUT2D eigenvalue weighted by atomic mass is 10.1. The third-order valence-corrected chi connectivity index (χ3v) is 3.60. The van der Waals surface area contributed by atoms with E-state index in [2.05, 4.69) is 10.6 Å². The number of amides is 1. The first-order chi connectivity index (χ1) is 9.56. The van der Waals surface area contributed by atoms with Crippen molar-refractivity contribution in [3.05, 3.63) is 28.8 Å². The van der Waals surface area contributed by atoms with Crippen LogP contribution >= 0.6 is 24.0 Å². The van der Waals surface area contributed by atoms with Crippen molar-refractivity contribution >= 4 is 29.9 Å². The Labute approximate surface area is 135 Å². The largest absolute Gasteiger partial charge is 0.484 e. The molecule has 2 unspecified atom stereocenters. The predicted octanol–water partition coefficient (Wildman–Crippen LogP) is 1.15. The number of rotatable bonds is 5. The second kappa shape index (κ2) is 8.44. The van der Waals surface area contributed by atoms with Crippen LogP contribution in [-0.2, 0) is 4.79 Å². The summed E-state index contributed by atoms with van der Waals surface area (Å²) in [5.41, 5.74) is 0.890. The molecule has 1 saturated heterocycles. The zero-order valence-corrected chi connectivity index (χ0v) is 13.3. The second-order valence-electron chi connectivity index (χ2n) is 4.99. The Morgan fingerprint density at radius 3 is 2.90 bits per heavy atom. The monoisotopic (exact) mass is 334 g/mol. The van der Waals surface area contributed by atoms with E-state index < -0.39 is 6.10 Å². The smallest absolute Gasteiger partial charge is 0.257 e. The van der Waals surface area contributed by atoms with Gasteiger partial charge < -0.3 is 20.5 Å². The van der Waals surface area contributed by atoms with E-state index in [1.807, 2.05) is 6.92 Å². The molecule has 0 aromatic heterocycles. The number of carbonyl (C=O) groups is 1. The Kier molecular flexibility index (Phi) is 7.25. The predicted molar refractivity (Wildman–Crippen MR) is 84.3 cm³/mol. The maximum atomic E-state index is 11.7. The number of β-amino-alcohol motifs (C(OH)–C–C–N with tert-alkyl or cyclic N) is 1. The molecule has 1 aliphatic rings. The second-order valence-corrected chi connectivity index (χ2v) is 5.42. The number of aryl methyl sites for hydroxylation is 1. The van der Waals surface area contributed by atoms with E-state index in [4.69, 9.17) is 16.3 Å². The van der Waals surface area contributed by atoms with Crippen molar-refractivity contribution in [2.45, 2.75) is 13.0 Å². The highest BCUT2D eigenvalue weighted by atomic mass is 35.5. The van der Waals surface area contributed by atoms with Gasteiger partial charge in [-0.25, -0.2) is 0 Å². The summed E-state index contributed by atoms with van der Waals surface area (Å²) in [6.07, 6.45) is -0.394. The van der Waals surface area contributed by atoms with Crippen LogP contribution in [0.2, 0.25) is 5.02 Å². The van der Waals surface area contributed by atoms with Crippen LogP contribution in [0.5, 0.6) is 5.75 Å². The summed E-state index contributed by atoms with van der Waals surface area (Å²) in [5.74, 6) is 0.516. The van der Waals surface area contributed by atoms with Crippen LogP contribution in [0.3, 0.4) is 0 Å². The number of hydrogen-bond donors (Lipinski definition) is 3. The zero-order chi connectivity index (χ0) is 14.5. The maximum absolute atomic E-state index is 11.7. The number of aliphatic hydroxyl groups excluding tert-OH is 1. The summed E-state index contributed by atoms with van der Waals surface area (Å²) in [7, 11) is 0. The Morgan fingerprint density at radius 2 is 2.29 bits per heavy atom. The molecular formula is C14H20Cl2N2O3. The van der Waals surface area contributed by atoms with Gasteiger partial charge in [0.2, 0.25) is 0 Å². The van der Waals surface area contributed by atoms with Crippen molar-refractivity contribution in [1.82, 2.24) is 10.6 Å². The fraction of sp³-hybridized carbons (Fsp3) is 0.500. The van der Waals surface area contributed by atoms with Gasteiger partial charge in [0.25, 0.3) is 5.91 Å². The number of halogens is 2. The molecule has 0 saturated carbocycles. The average molecular weight is 335 g/mol. The molecule has 2 atom stereocenters. The highest BCUT2D eigenvalue weighted by Gasteiger charge is 2.24. The summed E-state index contributed by atoms with van der Waals surface area (Å²) >= 11 is 5.85. The lowest BCUT2D eigenvalue weighted by Crippen LogP contribution is -2.36. The number of carbonyl (C=O) groups excluding carboxylic acids is 1. The van der Waals surface area contributed by atoms with Gasteiger partial charge in [-0.15, -0.1) is 12.4 Å². The van der Waals surface area contributed by atoms with E-state index in [1.165, 1.54) is 0 Å². The summed E-state index contributed by atoms with van der Waals surface area (Å²) in [6, 6.07) is 5.26. The Bertz CT molecular complexity index is 485. The molecule has 118 valence electrons. The van der Waals surface area contributed by atoms with Crippen molar-refractivity contribution in [3.63, 3.8) is 0 Å². The Balaban J connectivity index is 0.00000220. The fourth-order valence-corrected chi connectivity index (χ4v) is 2.37. The molecule has 0 bridgehead atoms. The molecule has 1 amide bonds. The van der Waals surface area contributed by atoms with Gasteiger partial charge in [0, 0.05) is 30.6 Å². The van der Waals surface area contributed by atoms with Crippen LogP contribution in [0.4, 0.5) is 0 Å². The van der Waals surface area contributed by atoms with Gasteiger partial charge in [-0.05, 0) is 30.7 Å². The highest BCUT2D eigenvalue weighted by molar-refractivity contribution is 6.30. The van der Waals surface area contributed by atoms with Crippen LogP contribution in [0, 0.1) is 12.8 Å². The minimum Gasteiger partial charge on any atom is -0.484 e. The Morgan fingerprint density at radius 1 is 1.52 bits per heavy atom. The molecule has 0 spiro atoms. The van der Waals surface area contributed by atoms with Crippen LogP contribution in [0.25, 0.3) is 0 Å². The van der Waals surface area contributed by atoms with Crippen LogP contribution in [0.15, 0.2) is 18.2 Å². The first-order valence-corrected chi connectivity index (χ1v) is 6.98. The minimum atomic E-state index is -0.394. The average Bonchev–Trinajstić information content (AvgIpc) is 2.81. The van der Waals surface area contributed by atoms with Crippen molar-refractivity contribution in [2.24, 2.45) is 5.92 Å². The maximum Gasteiger partial charge on any atom is 0.257 e. The third kappa shape index (κ3) is 5.36. The van der Waals surface area contributed by atoms with Gasteiger partial charge >= 0.3 is 0 Å². The molecule has 1 aliphatic heterocycles. The standard InChI is InChI=1S/C14H19ClN2O3.ClH/c1-9-4-11(15)2-3-13(9)20-8-14(19)17-6-10-5-16-7-12(10)18;/h2-4,10,12,16,18H,5-8H2,1H3,(H,17,19);1H. The molecular weight excluding hydrogens is 315 g/mol. The quantitative estimate of drug-likeness (QED) is 0.755. The molecule has 5 nitrogen and oxygen atoms in total. The van der Waals surface area contributed by atoms with Gasteiger partial charge in [-0.1, -0.05) is 11.6 Å². The van der Waals surface area contributed by atoms with E-state index in [0.29, 0.717) is 23.9 Å². The molecule has 1 aromatic carbocycles. The van der Waals surface area contributed by atoms with Crippen LogP contribution in [0.1, 0.15) is 5.56 Å². The molecule has 0 aliphatic carbocycles. The van der Waals surface area contributed by atoms with Crippen molar-refractivity contribution in [3.8, 4) is 5.75 Å². The van der Waals surface area contributed by atoms with Gasteiger partial charge in [0.1, 0.15) is 5.75 Å². The molecule has 2 rings (SSSR count). The SMILES string of the molecule is Cc1cc(Cl)ccc1OCC(=O)NCC1CNCC1O.Cl. The molecule has 0 radical (unpaired) electrons. The van der Waals surface area contributed by atoms with Crippen LogP contribution < -0.4 is 15.4 Å². The fourth-order valence-electron chi connectivity index (χ4n) is 2.14. The number of ether oxygens (including phenoxy) is 1. The van der Waals surface area contributed by atoms with Crippen LogP contribution in [-0.4, -0.2) is 43.4 Å². The van der Waals surface area contributed by atoms with E-state index in [-0.39, 0.29) is 30.8 Å².